The predicted molar refractivity (Wildman–Crippen MR) is 90.2 cm³/mol. The lowest BCUT2D eigenvalue weighted by atomic mass is 10.4. The lowest BCUT2D eigenvalue weighted by Gasteiger charge is -2.11. The van der Waals surface area contributed by atoms with Gasteiger partial charge in [0.25, 0.3) is 0 Å². The van der Waals surface area contributed by atoms with Crippen LogP contribution < -0.4 is 10.6 Å². The lowest BCUT2D eigenvalue weighted by Crippen LogP contribution is -2.37. The van der Waals surface area contributed by atoms with Crippen LogP contribution in [0.25, 0.3) is 0 Å². The second-order valence-electron chi connectivity index (χ2n) is 4.85. The minimum atomic E-state index is 0.525. The molecule has 2 aromatic rings. The van der Waals surface area contributed by atoms with E-state index >= 15 is 0 Å². The van der Waals surface area contributed by atoms with Crippen LogP contribution in [0.5, 0.6) is 0 Å². The topological polar surface area (TPSA) is 58.8 Å². The summed E-state index contributed by atoms with van der Waals surface area (Å²) in [6.45, 7) is 4.95. The molecular weight excluding hydrogens is 298 g/mol. The first kappa shape index (κ1) is 16.6. The lowest BCUT2D eigenvalue weighted by molar-refractivity contribution is 0.105. The molecule has 0 radical (unpaired) electrons. The van der Waals surface area contributed by atoms with Gasteiger partial charge in [-0.25, -0.2) is 0 Å². The number of aryl methyl sites for hydroxylation is 1. The van der Waals surface area contributed by atoms with Crippen LogP contribution in [0.2, 0.25) is 0 Å². The summed E-state index contributed by atoms with van der Waals surface area (Å²) in [6, 6.07) is 8.05. The van der Waals surface area contributed by atoms with Crippen molar-refractivity contribution in [2.45, 2.75) is 26.5 Å². The van der Waals surface area contributed by atoms with E-state index in [4.69, 9.17) is 9.15 Å². The van der Waals surface area contributed by atoms with Gasteiger partial charge in [0.1, 0.15) is 12.4 Å². The van der Waals surface area contributed by atoms with E-state index < -0.39 is 0 Å². The molecule has 0 saturated carbocycles. The quantitative estimate of drug-likeness (QED) is 0.446. The average Bonchev–Trinajstić information content (AvgIpc) is 3.17. The Hall–Kier alpha value is -1.79. The Bertz CT molecular complexity index is 564. The van der Waals surface area contributed by atoms with E-state index in [9.17, 15) is 0 Å². The molecule has 0 spiro atoms. The first-order chi connectivity index (χ1) is 10.8. The van der Waals surface area contributed by atoms with E-state index in [0.29, 0.717) is 13.2 Å². The number of nitrogens with one attached hydrogen (secondary N) is 2. The molecule has 0 aliphatic rings. The highest BCUT2D eigenvalue weighted by molar-refractivity contribution is 7.11. The van der Waals surface area contributed by atoms with Crippen LogP contribution in [0.15, 0.2) is 39.9 Å². The van der Waals surface area contributed by atoms with E-state index in [-0.39, 0.29) is 0 Å². The fourth-order valence-corrected chi connectivity index (χ4v) is 2.75. The van der Waals surface area contributed by atoms with Crippen molar-refractivity contribution in [3.8, 4) is 0 Å². The maximum absolute atomic E-state index is 5.53. The molecule has 0 aliphatic carbocycles. The molecule has 2 rings (SSSR count). The van der Waals surface area contributed by atoms with Crippen molar-refractivity contribution in [3.05, 3.63) is 46.0 Å². The van der Waals surface area contributed by atoms with Gasteiger partial charge in [0, 0.05) is 30.0 Å². The fraction of sp³-hybridized carbons (Fsp3) is 0.438. The first-order valence-electron chi connectivity index (χ1n) is 7.38. The second kappa shape index (κ2) is 9.27. The molecule has 0 fully saturated rings. The zero-order valence-electron chi connectivity index (χ0n) is 13.1. The number of furan rings is 1. The molecule has 5 nitrogen and oxygen atoms in total. The summed E-state index contributed by atoms with van der Waals surface area (Å²) in [5.74, 6) is 1.67. The first-order valence-corrected chi connectivity index (χ1v) is 8.19. The molecule has 0 saturated heterocycles. The smallest absolute Gasteiger partial charge is 0.191 e. The Labute approximate surface area is 135 Å². The van der Waals surface area contributed by atoms with Crippen LogP contribution in [-0.2, 0) is 17.9 Å². The van der Waals surface area contributed by atoms with Crippen LogP contribution >= 0.6 is 11.3 Å². The van der Waals surface area contributed by atoms with Gasteiger partial charge in [-0.3, -0.25) is 4.99 Å². The van der Waals surface area contributed by atoms with Gasteiger partial charge in [0.2, 0.25) is 0 Å². The molecule has 0 aliphatic heterocycles. The molecule has 0 unspecified atom stereocenters. The van der Waals surface area contributed by atoms with Gasteiger partial charge >= 0.3 is 0 Å². The molecule has 120 valence electrons. The largest absolute Gasteiger partial charge is 0.467 e. The monoisotopic (exact) mass is 321 g/mol. The van der Waals surface area contributed by atoms with Gasteiger partial charge in [0.05, 0.1) is 12.8 Å². The Kier molecular flexibility index (Phi) is 6.99. The van der Waals surface area contributed by atoms with Crippen LogP contribution in [0.3, 0.4) is 0 Å². The summed E-state index contributed by atoms with van der Waals surface area (Å²) in [5.41, 5.74) is 0. The molecule has 2 N–H and O–H groups in total. The molecule has 2 heterocycles. The zero-order valence-corrected chi connectivity index (χ0v) is 13.9. The minimum absolute atomic E-state index is 0.525. The van der Waals surface area contributed by atoms with Gasteiger partial charge in [-0.2, -0.15) is 0 Å². The number of guanidine groups is 1. The maximum atomic E-state index is 5.53. The van der Waals surface area contributed by atoms with Crippen LogP contribution in [-0.4, -0.2) is 26.2 Å². The number of rotatable bonds is 8. The van der Waals surface area contributed by atoms with Gasteiger partial charge in [-0.1, -0.05) is 0 Å². The maximum Gasteiger partial charge on any atom is 0.191 e. The Morgan fingerprint density at radius 3 is 2.91 bits per heavy atom. The van der Waals surface area contributed by atoms with Gasteiger partial charge in [-0.15, -0.1) is 11.3 Å². The number of aliphatic imine (C=N–C) groups is 1. The highest BCUT2D eigenvalue weighted by atomic mass is 32.1. The van der Waals surface area contributed by atoms with Crippen molar-refractivity contribution >= 4 is 17.3 Å². The average molecular weight is 321 g/mol. The molecule has 22 heavy (non-hydrogen) atoms. The third-order valence-electron chi connectivity index (χ3n) is 3.03. The van der Waals surface area contributed by atoms with E-state index in [2.05, 4.69) is 34.7 Å². The Morgan fingerprint density at radius 1 is 1.32 bits per heavy atom. The molecule has 2 aromatic heterocycles. The van der Waals surface area contributed by atoms with Crippen LogP contribution in [0.4, 0.5) is 0 Å². The number of ether oxygens (including phenoxy) is 1. The number of hydrogen-bond acceptors (Lipinski definition) is 4. The summed E-state index contributed by atoms with van der Waals surface area (Å²) in [4.78, 5) is 6.85. The molecule has 6 heteroatoms. The van der Waals surface area contributed by atoms with Crippen molar-refractivity contribution in [2.75, 3.05) is 20.2 Å². The molecule has 0 bridgehead atoms. The van der Waals surface area contributed by atoms with E-state index in [1.165, 1.54) is 9.75 Å². The van der Waals surface area contributed by atoms with E-state index in [1.807, 2.05) is 12.1 Å². The zero-order chi connectivity index (χ0) is 15.6. The number of thiophene rings is 1. The third-order valence-corrected chi connectivity index (χ3v) is 4.03. The van der Waals surface area contributed by atoms with Crippen molar-refractivity contribution in [1.82, 2.24) is 10.6 Å². The SMILES string of the molecule is CN=C(NCCCOCc1ccco1)NCc1ccc(C)s1. The second-order valence-corrected chi connectivity index (χ2v) is 6.22. The molecule has 0 amide bonds. The normalized spacial score (nSPS) is 11.6. The highest BCUT2D eigenvalue weighted by Gasteiger charge is 2.00. The van der Waals surface area contributed by atoms with E-state index in [0.717, 1.165) is 31.2 Å². The predicted octanol–water partition coefficient (Wildman–Crippen LogP) is 2.92. The van der Waals surface area contributed by atoms with Crippen LogP contribution in [0.1, 0.15) is 21.9 Å². The summed E-state index contributed by atoms with van der Waals surface area (Å²) in [6.07, 6.45) is 2.57. The van der Waals surface area contributed by atoms with Gasteiger partial charge in [-0.05, 0) is 37.6 Å². The minimum Gasteiger partial charge on any atom is -0.467 e. The summed E-state index contributed by atoms with van der Waals surface area (Å²) >= 11 is 1.80. The van der Waals surface area contributed by atoms with E-state index in [1.54, 1.807) is 24.6 Å². The Balaban J connectivity index is 1.54. The standard InChI is InChI=1S/C16H23N3O2S/c1-13-6-7-15(22-13)11-19-16(17-2)18-8-4-9-20-12-14-5-3-10-21-14/h3,5-7,10H,4,8-9,11-12H2,1-2H3,(H2,17,18,19). The number of hydrogen-bond donors (Lipinski definition) is 2. The van der Waals surface area contributed by atoms with Gasteiger partial charge in [0.15, 0.2) is 5.96 Å². The summed E-state index contributed by atoms with van der Waals surface area (Å²) in [5, 5.41) is 6.59. The van der Waals surface area contributed by atoms with Crippen molar-refractivity contribution < 1.29 is 9.15 Å². The molecule has 0 aromatic carbocycles. The Morgan fingerprint density at radius 2 is 2.23 bits per heavy atom. The van der Waals surface area contributed by atoms with Gasteiger partial charge < -0.3 is 19.8 Å². The third kappa shape index (κ3) is 5.91. The van der Waals surface area contributed by atoms with Crippen molar-refractivity contribution in [3.63, 3.8) is 0 Å². The van der Waals surface area contributed by atoms with Crippen molar-refractivity contribution in [1.29, 1.82) is 0 Å². The number of nitrogens with zero attached hydrogens (tertiary/aromatic N) is 1. The molecular formula is C16H23N3O2S. The van der Waals surface area contributed by atoms with Crippen LogP contribution in [0, 0.1) is 6.92 Å². The summed E-state index contributed by atoms with van der Waals surface area (Å²) in [7, 11) is 1.78. The molecule has 0 atom stereocenters. The van der Waals surface area contributed by atoms with Crippen molar-refractivity contribution in [2.24, 2.45) is 4.99 Å². The highest BCUT2D eigenvalue weighted by Crippen LogP contribution is 2.14. The fourth-order valence-electron chi connectivity index (χ4n) is 1.92. The summed E-state index contributed by atoms with van der Waals surface area (Å²) < 4.78 is 10.7.